The zero-order valence-electron chi connectivity index (χ0n) is 10.1. The van der Waals surface area contributed by atoms with E-state index < -0.39 is 0 Å². The second-order valence-corrected chi connectivity index (χ2v) is 6.22. The zero-order chi connectivity index (χ0) is 11.9. The summed E-state index contributed by atoms with van der Waals surface area (Å²) in [7, 11) is 2.05. The summed E-state index contributed by atoms with van der Waals surface area (Å²) < 4.78 is 6.80. The molecule has 2 aliphatic rings. The molecule has 1 heterocycles. The van der Waals surface area contributed by atoms with E-state index in [4.69, 9.17) is 4.74 Å². The maximum Gasteiger partial charge on any atom is 0.0591 e. The molecule has 1 aliphatic heterocycles. The van der Waals surface area contributed by atoms with Gasteiger partial charge in [-0.25, -0.2) is 0 Å². The molecule has 1 aromatic carbocycles. The second-order valence-electron chi connectivity index (χ2n) is 5.37. The van der Waals surface area contributed by atoms with E-state index >= 15 is 0 Å². The minimum absolute atomic E-state index is 0.232. The van der Waals surface area contributed by atoms with Gasteiger partial charge in [-0.15, -0.1) is 0 Å². The Morgan fingerprint density at radius 2 is 2.00 bits per heavy atom. The van der Waals surface area contributed by atoms with Gasteiger partial charge in [0.25, 0.3) is 0 Å². The van der Waals surface area contributed by atoms with Crippen LogP contribution < -0.4 is 5.32 Å². The molecule has 0 unspecified atom stereocenters. The maximum atomic E-state index is 5.57. The van der Waals surface area contributed by atoms with E-state index in [9.17, 15) is 0 Å². The van der Waals surface area contributed by atoms with Crippen molar-refractivity contribution in [1.29, 1.82) is 0 Å². The smallest absolute Gasteiger partial charge is 0.0591 e. The third kappa shape index (κ3) is 1.60. The molecule has 0 spiro atoms. The number of hydrogen-bond donors (Lipinski definition) is 1. The molecular weight excluding hydrogens is 278 g/mol. The molecule has 0 radical (unpaired) electrons. The lowest BCUT2D eigenvalue weighted by molar-refractivity contribution is -0.0989. The molecule has 0 aromatic heterocycles. The van der Waals surface area contributed by atoms with Crippen molar-refractivity contribution in [2.75, 3.05) is 26.8 Å². The molecule has 1 saturated heterocycles. The highest BCUT2D eigenvalue weighted by Crippen LogP contribution is 2.62. The van der Waals surface area contributed by atoms with Crippen molar-refractivity contribution in [1.82, 2.24) is 5.32 Å². The first kappa shape index (κ1) is 11.7. The van der Waals surface area contributed by atoms with E-state index in [0.717, 1.165) is 19.8 Å². The van der Waals surface area contributed by atoms with Crippen molar-refractivity contribution in [3.05, 3.63) is 34.3 Å². The van der Waals surface area contributed by atoms with E-state index in [1.165, 1.54) is 22.9 Å². The van der Waals surface area contributed by atoms with Crippen LogP contribution in [0.25, 0.3) is 0 Å². The van der Waals surface area contributed by atoms with Gasteiger partial charge in [-0.05, 0) is 36.9 Å². The first-order valence-electron chi connectivity index (χ1n) is 6.22. The molecular formula is C14H18BrNO. The Hall–Kier alpha value is -0.380. The largest absolute Gasteiger partial charge is 0.379 e. The molecule has 1 aliphatic carbocycles. The molecule has 3 heteroatoms. The fourth-order valence-corrected chi connectivity index (χ4v) is 3.88. The Morgan fingerprint density at radius 1 is 1.29 bits per heavy atom. The van der Waals surface area contributed by atoms with Crippen molar-refractivity contribution in [2.45, 2.75) is 18.3 Å². The minimum Gasteiger partial charge on any atom is -0.379 e. The molecule has 1 N–H and O–H groups in total. The van der Waals surface area contributed by atoms with Gasteiger partial charge in [-0.2, -0.15) is 0 Å². The molecule has 0 atom stereocenters. The van der Waals surface area contributed by atoms with Crippen molar-refractivity contribution in [3.63, 3.8) is 0 Å². The Morgan fingerprint density at radius 3 is 2.47 bits per heavy atom. The normalized spacial score (nSPS) is 24.1. The van der Waals surface area contributed by atoms with E-state index in [2.05, 4.69) is 45.5 Å². The Balaban J connectivity index is 2.01. The molecule has 0 amide bonds. The van der Waals surface area contributed by atoms with Gasteiger partial charge in [0.15, 0.2) is 0 Å². The van der Waals surface area contributed by atoms with Gasteiger partial charge >= 0.3 is 0 Å². The summed E-state index contributed by atoms with van der Waals surface area (Å²) in [6.45, 7) is 2.84. The zero-order valence-corrected chi connectivity index (χ0v) is 11.7. The van der Waals surface area contributed by atoms with Gasteiger partial charge in [-0.1, -0.05) is 34.1 Å². The quantitative estimate of drug-likeness (QED) is 0.922. The van der Waals surface area contributed by atoms with Crippen LogP contribution in [0, 0.1) is 5.41 Å². The van der Waals surface area contributed by atoms with Gasteiger partial charge in [0.1, 0.15) is 0 Å². The lowest BCUT2D eigenvalue weighted by atomic mass is 9.66. The van der Waals surface area contributed by atoms with Crippen LogP contribution >= 0.6 is 15.9 Å². The number of nitrogens with one attached hydrogen (secondary N) is 1. The maximum absolute atomic E-state index is 5.57. The standard InChI is InChI=1S/C14H18BrNO/c1-16-8-13(6-7-13)14(9-17-10-14)11-4-2-3-5-12(11)15/h2-5,16H,6-10H2,1H3. The van der Waals surface area contributed by atoms with Crippen LogP contribution in [0.1, 0.15) is 18.4 Å². The first-order chi connectivity index (χ1) is 8.24. The monoisotopic (exact) mass is 295 g/mol. The Labute approximate surface area is 111 Å². The highest BCUT2D eigenvalue weighted by atomic mass is 79.9. The lowest BCUT2D eigenvalue weighted by Gasteiger charge is -2.49. The minimum atomic E-state index is 0.232. The van der Waals surface area contributed by atoms with E-state index in [0.29, 0.717) is 5.41 Å². The number of ether oxygens (including phenoxy) is 1. The molecule has 0 bridgehead atoms. The van der Waals surface area contributed by atoms with Gasteiger partial charge < -0.3 is 10.1 Å². The number of benzene rings is 1. The predicted octanol–water partition coefficient (Wildman–Crippen LogP) is 2.72. The summed E-state index contributed by atoms with van der Waals surface area (Å²) in [5, 5.41) is 3.36. The fraction of sp³-hybridized carbons (Fsp3) is 0.571. The molecule has 2 nitrogen and oxygen atoms in total. The van der Waals surface area contributed by atoms with Crippen molar-refractivity contribution >= 4 is 15.9 Å². The SMILES string of the molecule is CNCC1(C2(c3ccccc3Br)COC2)CC1. The molecule has 92 valence electrons. The summed E-state index contributed by atoms with van der Waals surface area (Å²) in [5.74, 6) is 0. The first-order valence-corrected chi connectivity index (χ1v) is 7.01. The van der Waals surface area contributed by atoms with Crippen LogP contribution in [0.3, 0.4) is 0 Å². The average Bonchev–Trinajstić information content (AvgIpc) is 3.01. The van der Waals surface area contributed by atoms with Gasteiger partial charge in [0.2, 0.25) is 0 Å². The summed E-state index contributed by atoms with van der Waals surface area (Å²) in [5.41, 5.74) is 2.08. The summed E-state index contributed by atoms with van der Waals surface area (Å²) in [4.78, 5) is 0. The molecule has 2 fully saturated rings. The van der Waals surface area contributed by atoms with Crippen LogP contribution in [0.5, 0.6) is 0 Å². The highest BCUT2D eigenvalue weighted by molar-refractivity contribution is 9.10. The molecule has 17 heavy (non-hydrogen) atoms. The predicted molar refractivity (Wildman–Crippen MR) is 72.2 cm³/mol. The van der Waals surface area contributed by atoms with E-state index in [-0.39, 0.29) is 5.41 Å². The van der Waals surface area contributed by atoms with Crippen molar-refractivity contribution in [3.8, 4) is 0 Å². The second kappa shape index (κ2) is 4.08. The Bertz CT molecular complexity index is 424. The molecule has 3 rings (SSSR count). The van der Waals surface area contributed by atoms with E-state index in [1.807, 2.05) is 7.05 Å². The highest BCUT2D eigenvalue weighted by Gasteiger charge is 2.63. The van der Waals surface area contributed by atoms with Gasteiger partial charge in [-0.3, -0.25) is 0 Å². The third-order valence-corrected chi connectivity index (χ3v) is 5.16. The summed E-state index contributed by atoms with van der Waals surface area (Å²) in [6.07, 6.45) is 2.64. The van der Waals surface area contributed by atoms with Gasteiger partial charge in [0.05, 0.1) is 13.2 Å². The van der Waals surface area contributed by atoms with Crippen LogP contribution in [-0.4, -0.2) is 26.8 Å². The Kier molecular flexibility index (Phi) is 2.80. The van der Waals surface area contributed by atoms with Crippen LogP contribution in [0.15, 0.2) is 28.7 Å². The van der Waals surface area contributed by atoms with Crippen molar-refractivity contribution in [2.24, 2.45) is 5.41 Å². The average molecular weight is 296 g/mol. The topological polar surface area (TPSA) is 21.3 Å². The number of halogens is 1. The third-order valence-electron chi connectivity index (χ3n) is 4.47. The molecule has 1 aromatic rings. The van der Waals surface area contributed by atoms with Crippen LogP contribution in [-0.2, 0) is 10.2 Å². The number of rotatable bonds is 4. The number of hydrogen-bond acceptors (Lipinski definition) is 2. The van der Waals surface area contributed by atoms with Gasteiger partial charge in [0, 0.05) is 16.4 Å². The van der Waals surface area contributed by atoms with Crippen LogP contribution in [0.4, 0.5) is 0 Å². The lowest BCUT2D eigenvalue weighted by Crippen LogP contribution is -2.56. The molecule has 1 saturated carbocycles. The van der Waals surface area contributed by atoms with Crippen LogP contribution in [0.2, 0.25) is 0 Å². The fourth-order valence-electron chi connectivity index (χ4n) is 3.22. The summed E-state index contributed by atoms with van der Waals surface area (Å²) in [6, 6.07) is 8.61. The van der Waals surface area contributed by atoms with Crippen molar-refractivity contribution < 1.29 is 4.74 Å². The summed E-state index contributed by atoms with van der Waals surface area (Å²) >= 11 is 3.70. The van der Waals surface area contributed by atoms with E-state index in [1.54, 1.807) is 0 Å².